The quantitative estimate of drug-likeness (QED) is 0.667. The second-order valence-electron chi connectivity index (χ2n) is 9.36. The molecule has 9 nitrogen and oxygen atoms in total. The van der Waals surface area contributed by atoms with Crippen LogP contribution in [0, 0.1) is 5.92 Å². The molecule has 4 rings (SSSR count). The van der Waals surface area contributed by atoms with Gasteiger partial charge < -0.3 is 20.0 Å². The molecule has 1 aromatic heterocycles. The number of likely N-dealkylation sites (N-methyl/N-ethyl adjacent to an activating group) is 1. The summed E-state index contributed by atoms with van der Waals surface area (Å²) in [4.78, 5) is 44.3. The number of nitrogens with one attached hydrogen (secondary N) is 1. The Morgan fingerprint density at radius 2 is 1.82 bits per heavy atom. The molecule has 0 spiro atoms. The first kappa shape index (κ1) is 23.9. The van der Waals surface area contributed by atoms with Crippen LogP contribution in [0.3, 0.4) is 0 Å². The van der Waals surface area contributed by atoms with Gasteiger partial charge in [-0.05, 0) is 38.9 Å². The van der Waals surface area contributed by atoms with E-state index in [2.05, 4.69) is 10.4 Å². The number of amides is 3. The van der Waals surface area contributed by atoms with Crippen molar-refractivity contribution < 1.29 is 14.4 Å². The van der Waals surface area contributed by atoms with Gasteiger partial charge in [0.15, 0.2) is 5.69 Å². The third-order valence-electron chi connectivity index (χ3n) is 6.53. The Balaban J connectivity index is 1.36. The molecule has 0 bridgehead atoms. The molecule has 0 aliphatic carbocycles. The van der Waals surface area contributed by atoms with Gasteiger partial charge in [-0.25, -0.2) is 0 Å². The molecule has 9 heteroatoms. The molecule has 0 radical (unpaired) electrons. The molecule has 0 unspecified atom stereocenters. The van der Waals surface area contributed by atoms with Gasteiger partial charge >= 0.3 is 0 Å². The average molecular weight is 467 g/mol. The summed E-state index contributed by atoms with van der Waals surface area (Å²) in [6.45, 7) is 4.26. The summed E-state index contributed by atoms with van der Waals surface area (Å²) in [7, 11) is 3.94. The third-order valence-corrected chi connectivity index (χ3v) is 6.53. The van der Waals surface area contributed by atoms with E-state index in [0.29, 0.717) is 63.5 Å². The van der Waals surface area contributed by atoms with Crippen molar-refractivity contribution in [1.29, 1.82) is 0 Å². The van der Waals surface area contributed by atoms with Crippen LogP contribution in [0.25, 0.3) is 0 Å². The smallest absolute Gasteiger partial charge is 0.274 e. The number of piperidine rings is 1. The van der Waals surface area contributed by atoms with Gasteiger partial charge in [0.05, 0.1) is 0 Å². The van der Waals surface area contributed by atoms with Crippen LogP contribution in [0.4, 0.5) is 0 Å². The Bertz CT molecular complexity index is 1010. The highest BCUT2D eigenvalue weighted by molar-refractivity contribution is 5.98. The Morgan fingerprint density at radius 1 is 1.09 bits per heavy atom. The van der Waals surface area contributed by atoms with Crippen LogP contribution in [-0.2, 0) is 17.9 Å². The summed E-state index contributed by atoms with van der Waals surface area (Å²) < 4.78 is 1.67. The van der Waals surface area contributed by atoms with Gasteiger partial charge in [-0.2, -0.15) is 5.10 Å². The monoisotopic (exact) mass is 466 g/mol. The van der Waals surface area contributed by atoms with Crippen LogP contribution in [0.5, 0.6) is 0 Å². The molecule has 1 fully saturated rings. The van der Waals surface area contributed by atoms with E-state index in [0.717, 1.165) is 18.5 Å². The molecule has 2 aromatic rings. The fourth-order valence-electron chi connectivity index (χ4n) is 4.55. The fraction of sp³-hybridized carbons (Fsp3) is 0.520. The van der Waals surface area contributed by atoms with Gasteiger partial charge in [0.1, 0.15) is 5.69 Å². The number of carbonyl (C=O) groups is 3. The molecule has 2 aliphatic rings. The van der Waals surface area contributed by atoms with E-state index in [1.54, 1.807) is 15.6 Å². The Kier molecular flexibility index (Phi) is 7.62. The topological polar surface area (TPSA) is 90.8 Å². The number of benzene rings is 1. The Morgan fingerprint density at radius 3 is 2.53 bits per heavy atom. The molecule has 0 atom stereocenters. The molecular weight excluding hydrogens is 432 g/mol. The minimum absolute atomic E-state index is 0.0618. The first-order valence-electron chi connectivity index (χ1n) is 12.0. The van der Waals surface area contributed by atoms with E-state index < -0.39 is 0 Å². The van der Waals surface area contributed by atoms with Gasteiger partial charge in [-0.1, -0.05) is 30.3 Å². The van der Waals surface area contributed by atoms with Crippen LogP contribution in [0.15, 0.2) is 36.4 Å². The van der Waals surface area contributed by atoms with E-state index in [1.807, 2.05) is 54.2 Å². The van der Waals surface area contributed by atoms with Crippen molar-refractivity contribution >= 4 is 17.7 Å². The number of nitrogens with zero attached hydrogens (tertiary/aromatic N) is 5. The first-order chi connectivity index (χ1) is 16.4. The molecule has 0 saturated carbocycles. The highest BCUT2D eigenvalue weighted by Crippen LogP contribution is 2.21. The lowest BCUT2D eigenvalue weighted by Gasteiger charge is -2.31. The summed E-state index contributed by atoms with van der Waals surface area (Å²) in [6.07, 6.45) is 2.06. The summed E-state index contributed by atoms with van der Waals surface area (Å²) in [6, 6.07) is 11.5. The minimum Gasteiger partial charge on any atom is -0.355 e. The molecule has 1 saturated heterocycles. The number of likely N-dealkylation sites (tertiary alicyclic amines) is 1. The number of carbonyl (C=O) groups excluding carboxylic acids is 3. The molecule has 1 N–H and O–H groups in total. The minimum atomic E-state index is -0.172. The zero-order valence-corrected chi connectivity index (χ0v) is 20.1. The zero-order valence-electron chi connectivity index (χ0n) is 20.1. The van der Waals surface area contributed by atoms with Crippen molar-refractivity contribution in [2.75, 3.05) is 46.8 Å². The van der Waals surface area contributed by atoms with Crippen molar-refractivity contribution in [3.05, 3.63) is 53.3 Å². The molecule has 1 aromatic carbocycles. The number of aromatic nitrogens is 2. The van der Waals surface area contributed by atoms with Crippen LogP contribution in [0.1, 0.15) is 45.8 Å². The number of aryl methyl sites for hydroxylation is 1. The maximum absolute atomic E-state index is 13.2. The molecular formula is C25H34N6O3. The number of rotatable bonds is 7. The largest absolute Gasteiger partial charge is 0.355 e. The van der Waals surface area contributed by atoms with E-state index in [1.165, 1.54) is 0 Å². The lowest BCUT2D eigenvalue weighted by Crippen LogP contribution is -2.44. The zero-order chi connectivity index (χ0) is 24.1. The number of hydrogen-bond acceptors (Lipinski definition) is 5. The standard InChI is InChI=1S/C25H34N6O3/c1-28(2)16-11-26-23(32)20-9-14-29(15-10-20)24(33)21-17-22-25(34)30(12-6-13-31(22)27-21)18-19-7-4-3-5-8-19/h3-5,7-8,17,20H,6,9-16,18H2,1-2H3,(H,26,32). The van der Waals surface area contributed by atoms with E-state index >= 15 is 0 Å². The predicted molar refractivity (Wildman–Crippen MR) is 128 cm³/mol. The van der Waals surface area contributed by atoms with Crippen LogP contribution in [0.2, 0.25) is 0 Å². The van der Waals surface area contributed by atoms with Gasteiger partial charge in [-0.3, -0.25) is 19.1 Å². The van der Waals surface area contributed by atoms with Gasteiger partial charge in [0, 0.05) is 57.8 Å². The maximum Gasteiger partial charge on any atom is 0.274 e. The van der Waals surface area contributed by atoms with E-state index in [9.17, 15) is 14.4 Å². The normalized spacial score (nSPS) is 17.0. The lowest BCUT2D eigenvalue weighted by molar-refractivity contribution is -0.126. The maximum atomic E-state index is 13.2. The molecule has 3 amide bonds. The number of fused-ring (bicyclic) bond motifs is 1. The Hall–Kier alpha value is -3.20. The number of hydrogen-bond donors (Lipinski definition) is 1. The van der Waals surface area contributed by atoms with E-state index in [4.69, 9.17) is 0 Å². The second-order valence-corrected chi connectivity index (χ2v) is 9.36. The molecule has 34 heavy (non-hydrogen) atoms. The second kappa shape index (κ2) is 10.8. The van der Waals surface area contributed by atoms with Crippen molar-refractivity contribution in [2.45, 2.75) is 32.4 Å². The highest BCUT2D eigenvalue weighted by Gasteiger charge is 2.31. The van der Waals surface area contributed by atoms with Gasteiger partial charge in [0.2, 0.25) is 5.91 Å². The van der Waals surface area contributed by atoms with Gasteiger partial charge in [0.25, 0.3) is 11.8 Å². The summed E-state index contributed by atoms with van der Waals surface area (Å²) in [5, 5.41) is 7.47. The van der Waals surface area contributed by atoms with Crippen molar-refractivity contribution in [2.24, 2.45) is 5.92 Å². The van der Waals surface area contributed by atoms with Gasteiger partial charge in [-0.15, -0.1) is 0 Å². The fourth-order valence-corrected chi connectivity index (χ4v) is 4.55. The Labute approximate surface area is 200 Å². The lowest BCUT2D eigenvalue weighted by atomic mass is 9.95. The van der Waals surface area contributed by atoms with Crippen LogP contribution >= 0.6 is 0 Å². The highest BCUT2D eigenvalue weighted by atomic mass is 16.2. The van der Waals surface area contributed by atoms with Crippen molar-refractivity contribution in [1.82, 2.24) is 29.8 Å². The summed E-state index contributed by atoms with van der Waals surface area (Å²) >= 11 is 0. The predicted octanol–water partition coefficient (Wildman–Crippen LogP) is 1.46. The van der Waals surface area contributed by atoms with Crippen molar-refractivity contribution in [3.8, 4) is 0 Å². The summed E-state index contributed by atoms with van der Waals surface area (Å²) in [5.74, 6) is -0.278. The molecule has 3 heterocycles. The SMILES string of the molecule is CN(C)CCNC(=O)C1CCN(C(=O)c2cc3n(n2)CCCN(Cc2ccccc2)C3=O)CC1. The molecule has 182 valence electrons. The van der Waals surface area contributed by atoms with Crippen LogP contribution in [-0.4, -0.2) is 89.0 Å². The third kappa shape index (κ3) is 5.64. The first-order valence-corrected chi connectivity index (χ1v) is 12.0. The average Bonchev–Trinajstić information content (AvgIpc) is 3.21. The molecule has 2 aliphatic heterocycles. The van der Waals surface area contributed by atoms with Crippen LogP contribution < -0.4 is 5.32 Å². The van der Waals surface area contributed by atoms with Crippen molar-refractivity contribution in [3.63, 3.8) is 0 Å². The van der Waals surface area contributed by atoms with E-state index in [-0.39, 0.29) is 23.6 Å². The summed E-state index contributed by atoms with van der Waals surface area (Å²) in [5.41, 5.74) is 1.85.